The third-order valence-electron chi connectivity index (χ3n) is 8.93. The highest BCUT2D eigenvalue weighted by molar-refractivity contribution is 5.72. The lowest BCUT2D eigenvalue weighted by molar-refractivity contribution is -0.308. The van der Waals surface area contributed by atoms with Crippen LogP contribution in [0.1, 0.15) is 65.7 Å². The van der Waals surface area contributed by atoms with Crippen LogP contribution in [0.4, 0.5) is 0 Å². The first-order valence-electron chi connectivity index (χ1n) is 15.2. The van der Waals surface area contributed by atoms with E-state index < -0.39 is 36.8 Å². The summed E-state index contributed by atoms with van der Waals surface area (Å²) in [6.07, 6.45) is 16.1. The largest absolute Gasteiger partial charge is 0.458 e. The van der Waals surface area contributed by atoms with Crippen molar-refractivity contribution in [3.8, 4) is 0 Å². The number of methoxy groups -OCH3 is 1. The van der Waals surface area contributed by atoms with Crippen LogP contribution < -0.4 is 0 Å². The van der Waals surface area contributed by atoms with Crippen molar-refractivity contribution in [2.75, 3.05) is 7.11 Å². The Morgan fingerprint density at radius 2 is 1.83 bits per heavy atom. The number of aliphatic hydroxyl groups is 3. The molecule has 41 heavy (non-hydrogen) atoms. The number of esters is 1. The van der Waals surface area contributed by atoms with Crippen LogP contribution in [0.5, 0.6) is 0 Å². The summed E-state index contributed by atoms with van der Waals surface area (Å²) in [4.78, 5) is 12.7. The highest BCUT2D eigenvalue weighted by Gasteiger charge is 2.47. The number of carbonyl (C=O) groups is 1. The third-order valence-corrected chi connectivity index (χ3v) is 8.93. The number of ether oxygens (including phenoxy) is 4. The number of rotatable bonds is 4. The maximum atomic E-state index is 12.7. The zero-order valence-corrected chi connectivity index (χ0v) is 24.8. The molecule has 2 heterocycles. The molecule has 8 nitrogen and oxygen atoms in total. The number of hydrogen-bond donors (Lipinski definition) is 3. The molecule has 2 aliphatic carbocycles. The predicted octanol–water partition coefficient (Wildman–Crippen LogP) is 4.31. The van der Waals surface area contributed by atoms with Gasteiger partial charge in [-0.2, -0.15) is 0 Å². The molecule has 2 fully saturated rings. The lowest BCUT2D eigenvalue weighted by atomic mass is 9.74. The maximum absolute atomic E-state index is 12.7. The van der Waals surface area contributed by atoms with Gasteiger partial charge in [0.25, 0.3) is 0 Å². The summed E-state index contributed by atoms with van der Waals surface area (Å²) in [5.41, 5.74) is 1.95. The zero-order valence-electron chi connectivity index (χ0n) is 24.8. The number of fused-ring (bicyclic) bond motifs is 3. The van der Waals surface area contributed by atoms with Gasteiger partial charge in [-0.25, -0.2) is 0 Å². The minimum absolute atomic E-state index is 0.0109. The Labute approximate surface area is 244 Å². The summed E-state index contributed by atoms with van der Waals surface area (Å²) in [6.45, 7) is 5.68. The summed E-state index contributed by atoms with van der Waals surface area (Å²) >= 11 is 0. The van der Waals surface area contributed by atoms with Crippen molar-refractivity contribution in [1.82, 2.24) is 0 Å². The molecule has 0 aromatic carbocycles. The Morgan fingerprint density at radius 1 is 1.02 bits per heavy atom. The SMILES string of the molecule is CCC1/C=C/CCC/C=C(/C)C(O)/C=C/[C@H]2/C(=C/CC(=O)O1)C=C[C@@H]1C[C@@H](OC3O[C@@H](C)C(O)[C@@H](O)[C@H]3OC)CC12. The molecule has 8 heteroatoms. The van der Waals surface area contributed by atoms with Gasteiger partial charge in [0.15, 0.2) is 6.29 Å². The smallest absolute Gasteiger partial charge is 0.310 e. The van der Waals surface area contributed by atoms with E-state index in [1.54, 1.807) is 6.92 Å². The van der Waals surface area contributed by atoms with Crippen molar-refractivity contribution in [2.24, 2.45) is 17.8 Å². The molecule has 0 spiro atoms. The molecular formula is C33H48O8. The molecule has 4 rings (SSSR count). The second kappa shape index (κ2) is 14.9. The average molecular weight is 573 g/mol. The second-order valence-corrected chi connectivity index (χ2v) is 11.8. The van der Waals surface area contributed by atoms with E-state index >= 15 is 0 Å². The van der Waals surface area contributed by atoms with E-state index in [0.29, 0.717) is 0 Å². The van der Waals surface area contributed by atoms with E-state index in [4.69, 9.17) is 18.9 Å². The minimum Gasteiger partial charge on any atom is -0.458 e. The van der Waals surface area contributed by atoms with Crippen LogP contribution in [0.3, 0.4) is 0 Å². The highest BCUT2D eigenvalue weighted by atomic mass is 16.7. The van der Waals surface area contributed by atoms with Gasteiger partial charge in [0.1, 0.15) is 24.4 Å². The molecule has 0 amide bonds. The molecule has 3 N–H and O–H groups in total. The van der Waals surface area contributed by atoms with E-state index in [1.807, 2.05) is 32.1 Å². The summed E-state index contributed by atoms with van der Waals surface area (Å²) in [5, 5.41) is 31.6. The molecule has 0 aromatic rings. The number of carbonyl (C=O) groups excluding carboxylic acids is 1. The van der Waals surface area contributed by atoms with Crippen LogP contribution in [0.15, 0.2) is 59.8 Å². The molecule has 1 saturated carbocycles. The van der Waals surface area contributed by atoms with Crippen molar-refractivity contribution in [1.29, 1.82) is 0 Å². The Bertz CT molecular complexity index is 1030. The van der Waals surface area contributed by atoms with Crippen LogP contribution in [-0.2, 0) is 23.7 Å². The molecule has 0 aromatic heterocycles. The molecular weight excluding hydrogens is 524 g/mol. The van der Waals surface area contributed by atoms with E-state index in [2.05, 4.69) is 30.4 Å². The standard InChI is InChI=1S/C33H48O8/c1-5-24-11-9-7-6-8-10-20(2)28(34)16-15-26-22(14-17-29(35)40-24)12-13-23-18-25(19-27(23)26)41-33-32(38-4)31(37)30(36)21(3)39-33/h9-16,21,23-28,30-34,36-37H,5-8,17-19H2,1-4H3/b11-9+,16-15+,20-10-,22-14+/t21-,23+,24?,25+,26-,27?,28?,30?,31+,32+,33?/m0/s1. The van der Waals surface area contributed by atoms with Gasteiger partial charge in [-0.1, -0.05) is 49.5 Å². The Morgan fingerprint density at radius 3 is 2.59 bits per heavy atom. The summed E-state index contributed by atoms with van der Waals surface area (Å²) in [5.74, 6) is 0.180. The molecule has 11 atom stereocenters. The van der Waals surface area contributed by atoms with Gasteiger partial charge < -0.3 is 34.3 Å². The van der Waals surface area contributed by atoms with Crippen molar-refractivity contribution in [3.05, 3.63) is 59.8 Å². The molecule has 4 aliphatic rings. The van der Waals surface area contributed by atoms with E-state index in [1.165, 1.54) is 7.11 Å². The second-order valence-electron chi connectivity index (χ2n) is 11.8. The minimum atomic E-state index is -1.10. The van der Waals surface area contributed by atoms with Gasteiger partial charge in [-0.05, 0) is 81.4 Å². The number of allylic oxidation sites excluding steroid dienone is 6. The predicted molar refractivity (Wildman–Crippen MR) is 156 cm³/mol. The Kier molecular flexibility index (Phi) is 11.6. The maximum Gasteiger partial charge on any atom is 0.310 e. The summed E-state index contributed by atoms with van der Waals surface area (Å²) in [6, 6.07) is 0. The van der Waals surface area contributed by atoms with Crippen molar-refractivity contribution < 1.29 is 39.1 Å². The number of hydrogen-bond acceptors (Lipinski definition) is 8. The first-order valence-corrected chi connectivity index (χ1v) is 15.2. The fraction of sp³-hybridized carbons (Fsp3) is 0.667. The van der Waals surface area contributed by atoms with Crippen LogP contribution in [0.25, 0.3) is 0 Å². The normalized spacial score (nSPS) is 44.8. The monoisotopic (exact) mass is 572 g/mol. The van der Waals surface area contributed by atoms with Gasteiger partial charge in [-0.15, -0.1) is 0 Å². The molecule has 2 aliphatic heterocycles. The topological polar surface area (TPSA) is 115 Å². The van der Waals surface area contributed by atoms with Gasteiger partial charge in [0.2, 0.25) is 0 Å². The van der Waals surface area contributed by atoms with Crippen molar-refractivity contribution in [2.45, 2.75) is 115 Å². The van der Waals surface area contributed by atoms with Crippen molar-refractivity contribution >= 4 is 5.97 Å². The van der Waals surface area contributed by atoms with Crippen molar-refractivity contribution in [3.63, 3.8) is 0 Å². The highest BCUT2D eigenvalue weighted by Crippen LogP contribution is 2.47. The molecule has 0 bridgehead atoms. The summed E-state index contributed by atoms with van der Waals surface area (Å²) in [7, 11) is 1.47. The quantitative estimate of drug-likeness (QED) is 0.337. The first kappa shape index (κ1) is 31.9. The Hall–Kier alpha value is -2.07. The molecule has 0 radical (unpaired) electrons. The average Bonchev–Trinajstić information content (AvgIpc) is 3.37. The van der Waals surface area contributed by atoms with Gasteiger partial charge in [0, 0.05) is 13.0 Å². The van der Waals surface area contributed by atoms with Crippen LogP contribution in [0.2, 0.25) is 0 Å². The van der Waals surface area contributed by atoms with Gasteiger partial charge >= 0.3 is 5.97 Å². The molecule has 5 unspecified atom stereocenters. The molecule has 228 valence electrons. The zero-order chi connectivity index (χ0) is 29.5. The number of aliphatic hydroxyl groups excluding tert-OH is 3. The number of cyclic esters (lactones) is 1. The fourth-order valence-corrected chi connectivity index (χ4v) is 6.39. The van der Waals surface area contributed by atoms with Crippen LogP contribution in [0, 0.1) is 17.8 Å². The van der Waals surface area contributed by atoms with Gasteiger partial charge in [0.05, 0.1) is 24.7 Å². The Balaban J connectivity index is 1.54. The van der Waals surface area contributed by atoms with Crippen LogP contribution >= 0.6 is 0 Å². The fourth-order valence-electron chi connectivity index (χ4n) is 6.39. The molecule has 1 saturated heterocycles. The third kappa shape index (κ3) is 8.06. The van der Waals surface area contributed by atoms with E-state index in [9.17, 15) is 20.1 Å². The van der Waals surface area contributed by atoms with Crippen LogP contribution in [-0.4, -0.2) is 77.4 Å². The van der Waals surface area contributed by atoms with E-state index in [-0.39, 0.29) is 42.4 Å². The first-order chi connectivity index (χ1) is 19.7. The summed E-state index contributed by atoms with van der Waals surface area (Å²) < 4.78 is 23.4. The van der Waals surface area contributed by atoms with Gasteiger partial charge in [-0.3, -0.25) is 4.79 Å². The lowest BCUT2D eigenvalue weighted by Crippen LogP contribution is -2.58. The van der Waals surface area contributed by atoms with E-state index in [0.717, 1.165) is 49.7 Å². The lowest BCUT2D eigenvalue weighted by Gasteiger charge is -2.41.